The van der Waals surface area contributed by atoms with Gasteiger partial charge < -0.3 is 9.30 Å². The van der Waals surface area contributed by atoms with E-state index in [9.17, 15) is 4.79 Å². The number of hydrogen-bond acceptors (Lipinski definition) is 5. The van der Waals surface area contributed by atoms with Crippen LogP contribution in [0, 0.1) is 26.2 Å². The van der Waals surface area contributed by atoms with Crippen LogP contribution in [0.3, 0.4) is 0 Å². The lowest BCUT2D eigenvalue weighted by Crippen LogP contribution is -2.35. The monoisotopic (exact) mass is 469 g/mol. The van der Waals surface area contributed by atoms with Crippen LogP contribution in [-0.4, -0.2) is 38.6 Å². The Morgan fingerprint density at radius 1 is 1.06 bits per heavy atom. The summed E-state index contributed by atoms with van der Waals surface area (Å²) in [6.45, 7) is 6.02. The number of carbonyl (C=O) groups excluding carboxylic acids is 1. The van der Waals surface area contributed by atoms with E-state index in [-0.39, 0.29) is 11.4 Å². The highest BCUT2D eigenvalue weighted by Gasteiger charge is 2.36. The Morgan fingerprint density at radius 2 is 1.79 bits per heavy atom. The number of aromatic nitrogens is 1. The number of fused-ring (bicyclic) bond motifs is 1. The molecule has 0 saturated heterocycles. The molecule has 0 unspecified atom stereocenters. The Hall–Kier alpha value is -3.91. The number of amides is 1. The Bertz CT molecular complexity index is 1430. The van der Waals surface area contributed by atoms with Crippen LogP contribution < -0.4 is 4.74 Å². The Labute approximate surface area is 202 Å². The van der Waals surface area contributed by atoms with E-state index >= 15 is 0 Å². The van der Waals surface area contributed by atoms with Gasteiger partial charge in [0, 0.05) is 22.6 Å². The van der Waals surface area contributed by atoms with E-state index in [0.717, 1.165) is 44.6 Å². The quantitative estimate of drug-likeness (QED) is 0.540. The van der Waals surface area contributed by atoms with Crippen LogP contribution in [-0.2, 0) is 4.79 Å². The van der Waals surface area contributed by atoms with E-state index in [0.29, 0.717) is 5.17 Å². The van der Waals surface area contributed by atoms with Gasteiger partial charge in [-0.15, -0.1) is 0 Å². The van der Waals surface area contributed by atoms with Gasteiger partial charge in [-0.25, -0.2) is 0 Å². The number of hydrogen-bond donors (Lipinski definition) is 1. The number of aryl methyl sites for hydroxylation is 2. The van der Waals surface area contributed by atoms with Gasteiger partial charge in [-0.05, 0) is 80.1 Å². The molecule has 2 aliphatic rings. The van der Waals surface area contributed by atoms with Crippen LogP contribution in [0.2, 0.25) is 0 Å². The first kappa shape index (κ1) is 21.9. The van der Waals surface area contributed by atoms with Gasteiger partial charge in [-0.3, -0.25) is 10.2 Å². The minimum Gasteiger partial charge on any atom is -0.497 e. The van der Waals surface area contributed by atoms with E-state index in [1.807, 2.05) is 75.4 Å². The van der Waals surface area contributed by atoms with Crippen LogP contribution in [0.25, 0.3) is 11.8 Å². The average Bonchev–Trinajstić information content (AvgIpc) is 3.37. The van der Waals surface area contributed by atoms with Crippen molar-refractivity contribution in [3.8, 4) is 11.4 Å². The van der Waals surface area contributed by atoms with Gasteiger partial charge in [0.15, 0.2) is 5.84 Å². The summed E-state index contributed by atoms with van der Waals surface area (Å²) >= 11 is 1.31. The van der Waals surface area contributed by atoms with Gasteiger partial charge in [-0.1, -0.05) is 24.3 Å². The lowest BCUT2D eigenvalue weighted by molar-refractivity contribution is -0.114. The molecule has 7 nitrogen and oxygen atoms in total. The number of nitrogens with one attached hydrogen (secondary N) is 1. The molecule has 34 heavy (non-hydrogen) atoms. The third-order valence-corrected chi connectivity index (χ3v) is 6.87. The molecular weight excluding hydrogens is 446 g/mol. The predicted molar refractivity (Wildman–Crippen MR) is 137 cm³/mol. The number of ether oxygens (including phenoxy) is 1. The Balaban J connectivity index is 1.50. The number of hydrazone groups is 1. The molecule has 0 saturated carbocycles. The van der Waals surface area contributed by atoms with Crippen molar-refractivity contribution in [2.75, 3.05) is 7.11 Å². The molecule has 1 aromatic heterocycles. The fourth-order valence-corrected chi connectivity index (χ4v) is 5.11. The van der Waals surface area contributed by atoms with Crippen molar-refractivity contribution in [3.63, 3.8) is 0 Å². The maximum absolute atomic E-state index is 12.9. The second kappa shape index (κ2) is 8.46. The number of carbonyl (C=O) groups is 1. The molecule has 3 heterocycles. The summed E-state index contributed by atoms with van der Waals surface area (Å²) in [5.41, 5.74) is 6.10. The fourth-order valence-electron chi connectivity index (χ4n) is 4.13. The molecule has 2 aliphatic heterocycles. The number of nitrogens with zero attached hydrogens (tertiary/aromatic N) is 4. The summed E-state index contributed by atoms with van der Waals surface area (Å²) in [6.07, 6.45) is 1.74. The summed E-state index contributed by atoms with van der Waals surface area (Å²) < 4.78 is 7.37. The fraction of sp³-hybridized carbons (Fsp3) is 0.154. The summed E-state index contributed by atoms with van der Waals surface area (Å²) in [7, 11) is 1.64. The van der Waals surface area contributed by atoms with E-state index in [4.69, 9.17) is 10.1 Å². The lowest BCUT2D eigenvalue weighted by Gasteiger charge is -2.20. The largest absolute Gasteiger partial charge is 0.497 e. The standard InChI is InChI=1S/C26H23N5O2S/c1-15-7-5-6-8-21(15)25-29-31-23(27)22(24(32)28-26(31)34-25)14-18-13-16(2)30(17(18)3)19-9-11-20(33-4)12-10-19/h5-14,27H,1-4H3/b22-14-,27-23?. The number of methoxy groups -OCH3 is 1. The number of rotatable bonds is 4. The molecule has 0 fully saturated rings. The molecule has 0 atom stereocenters. The molecule has 8 heteroatoms. The van der Waals surface area contributed by atoms with E-state index in [2.05, 4.69) is 14.7 Å². The number of amidine groups is 2. The first-order valence-corrected chi connectivity index (χ1v) is 11.6. The van der Waals surface area contributed by atoms with Gasteiger partial charge >= 0.3 is 0 Å². The predicted octanol–water partition coefficient (Wildman–Crippen LogP) is 5.08. The number of thioether (sulfide) groups is 1. The Kier molecular flexibility index (Phi) is 5.45. The minimum absolute atomic E-state index is 0.0281. The molecule has 3 aromatic rings. The highest BCUT2D eigenvalue weighted by atomic mass is 32.2. The van der Waals surface area contributed by atoms with Crippen molar-refractivity contribution in [1.82, 2.24) is 9.58 Å². The zero-order valence-electron chi connectivity index (χ0n) is 19.3. The van der Waals surface area contributed by atoms with Gasteiger partial charge in [0.25, 0.3) is 5.91 Å². The van der Waals surface area contributed by atoms with Crippen molar-refractivity contribution in [1.29, 1.82) is 5.41 Å². The first-order valence-electron chi connectivity index (χ1n) is 10.8. The highest BCUT2D eigenvalue weighted by molar-refractivity contribution is 8.27. The molecule has 1 amide bonds. The zero-order chi connectivity index (χ0) is 24.0. The summed E-state index contributed by atoms with van der Waals surface area (Å²) in [4.78, 5) is 17.1. The van der Waals surface area contributed by atoms with Gasteiger partial charge in [-0.2, -0.15) is 15.1 Å². The van der Waals surface area contributed by atoms with E-state index in [1.54, 1.807) is 13.2 Å². The smallest absolute Gasteiger partial charge is 0.283 e. The van der Waals surface area contributed by atoms with Crippen molar-refractivity contribution in [3.05, 3.63) is 88.2 Å². The molecule has 0 aliphatic carbocycles. The second-order valence-corrected chi connectivity index (χ2v) is 9.06. The van der Waals surface area contributed by atoms with E-state index in [1.165, 1.54) is 16.8 Å². The molecule has 0 bridgehead atoms. The van der Waals surface area contributed by atoms with Crippen LogP contribution in [0.5, 0.6) is 5.75 Å². The third-order valence-electron chi connectivity index (χ3n) is 5.93. The molecule has 0 spiro atoms. The maximum atomic E-state index is 12.9. The van der Waals surface area contributed by atoms with E-state index < -0.39 is 5.91 Å². The molecule has 170 valence electrons. The first-order chi connectivity index (χ1) is 16.4. The van der Waals surface area contributed by atoms with Crippen molar-refractivity contribution in [2.45, 2.75) is 20.8 Å². The van der Waals surface area contributed by atoms with Crippen molar-refractivity contribution >= 4 is 39.8 Å². The van der Waals surface area contributed by atoms with Crippen LogP contribution in [0.1, 0.15) is 28.1 Å². The average molecular weight is 470 g/mol. The van der Waals surface area contributed by atoms with Gasteiger partial charge in [0.2, 0.25) is 5.17 Å². The van der Waals surface area contributed by atoms with Crippen molar-refractivity contribution in [2.24, 2.45) is 10.1 Å². The Morgan fingerprint density at radius 3 is 2.50 bits per heavy atom. The van der Waals surface area contributed by atoms with Gasteiger partial charge in [0.05, 0.1) is 12.7 Å². The zero-order valence-corrected chi connectivity index (χ0v) is 20.1. The van der Waals surface area contributed by atoms with Crippen LogP contribution >= 0.6 is 11.8 Å². The third kappa shape index (κ3) is 3.66. The van der Waals surface area contributed by atoms with Crippen LogP contribution in [0.4, 0.5) is 0 Å². The lowest BCUT2D eigenvalue weighted by atomic mass is 10.1. The van der Waals surface area contributed by atoms with Gasteiger partial charge in [0.1, 0.15) is 10.8 Å². The topological polar surface area (TPSA) is 83.0 Å². The summed E-state index contributed by atoms with van der Waals surface area (Å²) in [5, 5.41) is 15.9. The minimum atomic E-state index is -0.431. The molecule has 5 rings (SSSR count). The summed E-state index contributed by atoms with van der Waals surface area (Å²) in [6, 6.07) is 17.7. The highest BCUT2D eigenvalue weighted by Crippen LogP contribution is 2.32. The van der Waals surface area contributed by atoms with Crippen molar-refractivity contribution < 1.29 is 9.53 Å². The number of benzene rings is 2. The second-order valence-electron chi connectivity index (χ2n) is 8.10. The molecule has 1 N–H and O–H groups in total. The molecule has 0 radical (unpaired) electrons. The summed E-state index contributed by atoms with van der Waals surface area (Å²) in [5.74, 6) is 0.386. The molecule has 2 aromatic carbocycles. The number of aliphatic imine (C=N–C) groups is 1. The maximum Gasteiger partial charge on any atom is 0.283 e. The normalized spacial score (nSPS) is 16.6. The SMILES string of the molecule is COc1ccc(-n2c(C)cc(/C=C3/C(=N)N4N=C(c5ccccc5C)SC4=NC3=O)c2C)cc1. The molecular formula is C26H23N5O2S. The van der Waals surface area contributed by atoms with Crippen LogP contribution in [0.15, 0.2) is 70.3 Å².